The molecule has 1 fully saturated rings. The zero-order valence-electron chi connectivity index (χ0n) is 16.2. The second kappa shape index (κ2) is 8.27. The number of rotatable bonds is 4. The monoisotopic (exact) mass is 486 g/mol. The molecule has 164 valence electrons. The molecule has 3 aromatic rings. The van der Waals surface area contributed by atoms with Gasteiger partial charge < -0.3 is 9.64 Å². The minimum Gasteiger partial charge on any atom is -0.378 e. The number of halogens is 3. The van der Waals surface area contributed by atoms with Gasteiger partial charge in [0.05, 0.1) is 41.3 Å². The van der Waals surface area contributed by atoms with Crippen LogP contribution in [0.5, 0.6) is 0 Å². The van der Waals surface area contributed by atoms with E-state index in [0.29, 0.717) is 42.7 Å². The number of carbonyl (C=O) groups excluding carboxylic acids is 1. The van der Waals surface area contributed by atoms with Gasteiger partial charge in [0.15, 0.2) is 5.82 Å². The summed E-state index contributed by atoms with van der Waals surface area (Å²) in [6.07, 6.45) is 0.799. The SMILES string of the molecule is CS(=O)(=O)NC(=O)c1cc(Cl)c(-n2nc(N3CCOCC3)c3cc(Cl)ccc32)cc1F. The lowest BCUT2D eigenvalue weighted by atomic mass is 10.1. The van der Waals surface area contributed by atoms with Gasteiger partial charge in [-0.3, -0.25) is 4.79 Å². The molecule has 8 nitrogen and oxygen atoms in total. The maximum absolute atomic E-state index is 14.8. The lowest BCUT2D eigenvalue weighted by molar-refractivity contribution is 0.0977. The topological polar surface area (TPSA) is 93.5 Å². The Morgan fingerprint density at radius 2 is 1.90 bits per heavy atom. The number of hydrogen-bond acceptors (Lipinski definition) is 6. The van der Waals surface area contributed by atoms with E-state index in [4.69, 9.17) is 27.9 Å². The first-order chi connectivity index (χ1) is 14.6. The number of ether oxygens (including phenoxy) is 1. The van der Waals surface area contributed by atoms with Gasteiger partial charge in [-0.2, -0.15) is 0 Å². The number of nitrogens with one attached hydrogen (secondary N) is 1. The number of fused-ring (bicyclic) bond motifs is 1. The van der Waals surface area contributed by atoms with Crippen LogP contribution in [-0.4, -0.2) is 56.7 Å². The highest BCUT2D eigenvalue weighted by Crippen LogP contribution is 2.34. The second-order valence-corrected chi connectivity index (χ2v) is 9.58. The number of benzene rings is 2. The molecule has 31 heavy (non-hydrogen) atoms. The molecule has 2 aromatic carbocycles. The summed E-state index contributed by atoms with van der Waals surface area (Å²) in [4.78, 5) is 14.1. The maximum atomic E-state index is 14.8. The van der Waals surface area contributed by atoms with Crippen LogP contribution >= 0.6 is 23.2 Å². The lowest BCUT2D eigenvalue weighted by Crippen LogP contribution is -2.36. The van der Waals surface area contributed by atoms with Gasteiger partial charge in [-0.05, 0) is 24.3 Å². The molecule has 2 heterocycles. The molecular formula is C19H17Cl2FN4O4S. The first-order valence-corrected chi connectivity index (χ1v) is 11.8. The van der Waals surface area contributed by atoms with Gasteiger partial charge in [-0.15, -0.1) is 5.10 Å². The van der Waals surface area contributed by atoms with Crippen molar-refractivity contribution in [2.24, 2.45) is 0 Å². The normalized spacial score (nSPS) is 14.8. The molecule has 0 atom stereocenters. The summed E-state index contributed by atoms with van der Waals surface area (Å²) in [7, 11) is -3.86. The Labute approximate surface area is 187 Å². The molecule has 1 aromatic heterocycles. The molecule has 1 saturated heterocycles. The minimum atomic E-state index is -3.86. The van der Waals surface area contributed by atoms with Crippen LogP contribution in [0.3, 0.4) is 0 Å². The summed E-state index contributed by atoms with van der Waals surface area (Å²) in [6, 6.07) is 7.31. The Hall–Kier alpha value is -2.40. The number of nitrogens with zero attached hydrogens (tertiary/aromatic N) is 3. The fraction of sp³-hybridized carbons (Fsp3) is 0.263. The smallest absolute Gasteiger partial charge is 0.267 e. The number of carbonyl (C=O) groups is 1. The van der Waals surface area contributed by atoms with Crippen molar-refractivity contribution < 1.29 is 22.3 Å². The van der Waals surface area contributed by atoms with Crippen LogP contribution in [0.15, 0.2) is 30.3 Å². The van der Waals surface area contributed by atoms with Crippen LogP contribution in [0.2, 0.25) is 10.0 Å². The summed E-state index contributed by atoms with van der Waals surface area (Å²) in [5.74, 6) is -1.40. The van der Waals surface area contributed by atoms with Crippen molar-refractivity contribution in [3.8, 4) is 5.69 Å². The predicted molar refractivity (Wildman–Crippen MR) is 116 cm³/mol. The van der Waals surface area contributed by atoms with Crippen molar-refractivity contribution in [3.05, 3.63) is 51.8 Å². The average Bonchev–Trinajstić information content (AvgIpc) is 3.07. The van der Waals surface area contributed by atoms with E-state index < -0.39 is 27.3 Å². The van der Waals surface area contributed by atoms with Crippen molar-refractivity contribution in [3.63, 3.8) is 0 Å². The first kappa shape index (κ1) is 21.8. The lowest BCUT2D eigenvalue weighted by Gasteiger charge is -2.27. The Balaban J connectivity index is 1.83. The fourth-order valence-electron chi connectivity index (χ4n) is 3.36. The number of sulfonamides is 1. The quantitative estimate of drug-likeness (QED) is 0.609. The minimum absolute atomic E-state index is 0.0212. The molecule has 4 rings (SSSR count). The molecule has 1 N–H and O–H groups in total. The van der Waals surface area contributed by atoms with E-state index in [2.05, 4.69) is 5.10 Å². The highest BCUT2D eigenvalue weighted by Gasteiger charge is 2.23. The van der Waals surface area contributed by atoms with Crippen LogP contribution < -0.4 is 9.62 Å². The number of morpholine rings is 1. The summed E-state index contributed by atoms with van der Waals surface area (Å²) < 4.78 is 46.0. The number of aromatic nitrogens is 2. The maximum Gasteiger partial charge on any atom is 0.267 e. The number of amides is 1. The van der Waals surface area contributed by atoms with Gasteiger partial charge >= 0.3 is 0 Å². The fourth-order valence-corrected chi connectivity index (χ4v) is 4.23. The largest absolute Gasteiger partial charge is 0.378 e. The molecule has 0 unspecified atom stereocenters. The van der Waals surface area contributed by atoms with Gasteiger partial charge in [0.25, 0.3) is 5.91 Å². The van der Waals surface area contributed by atoms with Gasteiger partial charge in [0.1, 0.15) is 5.82 Å². The molecule has 1 aliphatic heterocycles. The Kier molecular flexibility index (Phi) is 5.82. The van der Waals surface area contributed by atoms with Crippen LogP contribution in [-0.2, 0) is 14.8 Å². The predicted octanol–water partition coefficient (Wildman–Crippen LogP) is 3.00. The van der Waals surface area contributed by atoms with Gasteiger partial charge in [0, 0.05) is 29.6 Å². The van der Waals surface area contributed by atoms with Crippen LogP contribution in [0.25, 0.3) is 16.6 Å². The standard InChI is InChI=1S/C19H17Cl2FN4O4S/c1-31(28,29)24-19(27)12-9-14(21)17(10-15(12)22)26-16-3-2-11(20)8-13(16)18(23-26)25-4-6-30-7-5-25/h2-3,8-10H,4-7H2,1H3,(H,24,27). The second-order valence-electron chi connectivity index (χ2n) is 6.98. The Morgan fingerprint density at radius 1 is 1.19 bits per heavy atom. The summed E-state index contributed by atoms with van der Waals surface area (Å²) >= 11 is 12.6. The Morgan fingerprint density at radius 3 is 2.58 bits per heavy atom. The third kappa shape index (κ3) is 4.47. The summed E-state index contributed by atoms with van der Waals surface area (Å²) in [6.45, 7) is 2.36. The van der Waals surface area contributed by atoms with Crippen molar-refractivity contribution >= 4 is 55.9 Å². The number of hydrogen-bond donors (Lipinski definition) is 1. The van der Waals surface area contributed by atoms with E-state index in [-0.39, 0.29) is 10.7 Å². The van der Waals surface area contributed by atoms with Gasteiger partial charge in [-0.25, -0.2) is 22.2 Å². The summed E-state index contributed by atoms with van der Waals surface area (Å²) in [5, 5.41) is 5.94. The van der Waals surface area contributed by atoms with Crippen LogP contribution in [0.1, 0.15) is 10.4 Å². The zero-order valence-corrected chi connectivity index (χ0v) is 18.6. The molecule has 0 radical (unpaired) electrons. The van der Waals surface area contributed by atoms with Crippen molar-refractivity contribution in [2.45, 2.75) is 0 Å². The van der Waals surface area contributed by atoms with E-state index in [1.807, 2.05) is 4.90 Å². The first-order valence-electron chi connectivity index (χ1n) is 9.16. The molecule has 1 aliphatic rings. The summed E-state index contributed by atoms with van der Waals surface area (Å²) in [5.41, 5.74) is 0.342. The third-order valence-electron chi connectivity index (χ3n) is 4.72. The molecule has 12 heteroatoms. The molecule has 1 amide bonds. The van der Waals surface area contributed by atoms with Crippen molar-refractivity contribution in [2.75, 3.05) is 37.5 Å². The molecule has 0 aliphatic carbocycles. The van der Waals surface area contributed by atoms with Crippen molar-refractivity contribution in [1.82, 2.24) is 14.5 Å². The van der Waals surface area contributed by atoms with Gasteiger partial charge in [-0.1, -0.05) is 23.2 Å². The van der Waals surface area contributed by atoms with E-state index >= 15 is 0 Å². The van der Waals surface area contributed by atoms with E-state index in [9.17, 15) is 17.6 Å². The highest BCUT2D eigenvalue weighted by atomic mass is 35.5. The van der Waals surface area contributed by atoms with Crippen molar-refractivity contribution in [1.29, 1.82) is 0 Å². The number of anilines is 1. The Bertz CT molecular complexity index is 1290. The highest BCUT2D eigenvalue weighted by molar-refractivity contribution is 7.89. The molecular weight excluding hydrogens is 470 g/mol. The third-order valence-corrected chi connectivity index (χ3v) is 5.81. The van der Waals surface area contributed by atoms with Crippen LogP contribution in [0, 0.1) is 5.82 Å². The van der Waals surface area contributed by atoms with E-state index in [1.165, 1.54) is 4.68 Å². The molecule has 0 bridgehead atoms. The van der Waals surface area contributed by atoms with E-state index in [0.717, 1.165) is 23.8 Å². The molecule has 0 spiro atoms. The van der Waals surface area contributed by atoms with Gasteiger partial charge in [0.2, 0.25) is 10.0 Å². The molecule has 0 saturated carbocycles. The van der Waals surface area contributed by atoms with Crippen LogP contribution in [0.4, 0.5) is 10.2 Å². The zero-order chi connectivity index (χ0) is 22.3. The van der Waals surface area contributed by atoms with E-state index in [1.54, 1.807) is 22.9 Å². The average molecular weight is 487 g/mol.